The van der Waals surface area contributed by atoms with Gasteiger partial charge in [-0.2, -0.15) is 5.10 Å². The van der Waals surface area contributed by atoms with Gasteiger partial charge in [0.05, 0.1) is 40.7 Å². The number of carbonyl (C=O) groups excluding carboxylic acids is 6. The summed E-state index contributed by atoms with van der Waals surface area (Å²) >= 11 is 0. The average molecular weight is 802 g/mol. The first-order valence-corrected chi connectivity index (χ1v) is 18.6. The van der Waals surface area contributed by atoms with Crippen molar-refractivity contribution in [3.05, 3.63) is 89.5 Å². The lowest BCUT2D eigenvalue weighted by Gasteiger charge is -2.27. The standard InChI is InChI=1S/C39H39N13O7/c1-51-20-44-35(50-51)24-7-6-8-26(33(24)59-2)45-27-18-30(48-49-32(27)34(40)54)46-29-13-9-21(19-43-29)36(55)42-16-5-3-4-15-41-22-10-11-23-25(17-22)39(58)52(38(23)57)28-12-14-31(53)47-37(28)56/h6-11,13,17-20,28,41H,3-5,12,14-16H2,1-2H3,(H2,40,54)(H,42,55)(H,47,53,56)(H2,43,45,46,48). The molecule has 7 rings (SSSR count). The van der Waals surface area contributed by atoms with Crippen LogP contribution in [0.1, 0.15) is 73.7 Å². The van der Waals surface area contributed by atoms with Crippen molar-refractivity contribution in [1.29, 1.82) is 0 Å². The van der Waals surface area contributed by atoms with E-state index < -0.39 is 35.6 Å². The number of nitrogens with one attached hydrogen (secondary N) is 5. The second-order valence-corrected chi connectivity index (χ2v) is 13.6. The van der Waals surface area contributed by atoms with Gasteiger partial charge in [0.1, 0.15) is 18.2 Å². The quantitative estimate of drug-likeness (QED) is 0.0619. The van der Waals surface area contributed by atoms with Crippen LogP contribution < -0.4 is 37.1 Å². The molecule has 0 saturated carbocycles. The summed E-state index contributed by atoms with van der Waals surface area (Å²) in [6.07, 6.45) is 5.43. The number of nitrogens with two attached hydrogens (primary N) is 1. The number of fused-ring (bicyclic) bond motifs is 1. The van der Waals surface area contributed by atoms with Crippen LogP contribution in [0.3, 0.4) is 0 Å². The number of primary amides is 1. The number of carbonyl (C=O) groups is 6. The molecule has 2 aliphatic heterocycles. The summed E-state index contributed by atoms with van der Waals surface area (Å²) in [4.78, 5) is 84.5. The Morgan fingerprint density at radius 1 is 0.881 bits per heavy atom. The number of imide groups is 2. The van der Waals surface area contributed by atoms with Crippen molar-refractivity contribution in [3.63, 3.8) is 0 Å². The highest BCUT2D eigenvalue weighted by molar-refractivity contribution is 6.23. The molecule has 0 aliphatic carbocycles. The molecule has 302 valence electrons. The topological polar surface area (TPSA) is 270 Å². The minimum Gasteiger partial charge on any atom is -0.494 e. The second-order valence-electron chi connectivity index (χ2n) is 13.6. The third-order valence-corrected chi connectivity index (χ3v) is 9.55. The highest BCUT2D eigenvalue weighted by Crippen LogP contribution is 2.37. The zero-order chi connectivity index (χ0) is 41.6. The van der Waals surface area contributed by atoms with Gasteiger partial charge < -0.3 is 31.7 Å². The average Bonchev–Trinajstić information content (AvgIpc) is 3.76. The maximum absolute atomic E-state index is 13.1. The van der Waals surface area contributed by atoms with E-state index in [1.165, 1.54) is 13.3 Å². The van der Waals surface area contributed by atoms with Gasteiger partial charge in [-0.3, -0.25) is 43.7 Å². The SMILES string of the molecule is COc1c(Nc2cc(Nc3ccc(C(=O)NCCCCCNc4ccc5c(c4)C(=O)N(C4CCC(=O)NC4=O)C5=O)cn3)nnc2C(N)=O)cccc1-c1ncn(C)n1. The van der Waals surface area contributed by atoms with Crippen LogP contribution in [0.25, 0.3) is 11.4 Å². The van der Waals surface area contributed by atoms with Crippen molar-refractivity contribution in [2.24, 2.45) is 12.8 Å². The predicted octanol–water partition coefficient (Wildman–Crippen LogP) is 2.68. The van der Waals surface area contributed by atoms with Gasteiger partial charge in [-0.1, -0.05) is 6.07 Å². The van der Waals surface area contributed by atoms with Crippen molar-refractivity contribution >= 4 is 64.1 Å². The van der Waals surface area contributed by atoms with Gasteiger partial charge in [0.15, 0.2) is 23.1 Å². The van der Waals surface area contributed by atoms with E-state index >= 15 is 0 Å². The molecule has 1 saturated heterocycles. The van der Waals surface area contributed by atoms with Crippen LogP contribution in [0.15, 0.2) is 67.1 Å². The van der Waals surface area contributed by atoms with Crippen molar-refractivity contribution in [3.8, 4) is 17.1 Å². The number of nitrogens with zero attached hydrogens (tertiary/aromatic N) is 7. The number of amides is 6. The van der Waals surface area contributed by atoms with Crippen LogP contribution in [0.5, 0.6) is 5.75 Å². The molecular weight excluding hydrogens is 763 g/mol. The van der Waals surface area contributed by atoms with Crippen LogP contribution in [0.2, 0.25) is 0 Å². The van der Waals surface area contributed by atoms with E-state index in [1.54, 1.807) is 72.7 Å². The lowest BCUT2D eigenvalue weighted by molar-refractivity contribution is -0.136. The van der Waals surface area contributed by atoms with Gasteiger partial charge in [-0.15, -0.1) is 10.2 Å². The maximum Gasteiger partial charge on any atom is 0.271 e. The molecule has 6 amide bonds. The molecular formula is C39H39N13O7. The Kier molecular flexibility index (Phi) is 11.5. The number of aryl methyl sites for hydroxylation is 1. The van der Waals surface area contributed by atoms with E-state index in [9.17, 15) is 28.8 Å². The monoisotopic (exact) mass is 801 g/mol. The Balaban J connectivity index is 0.871. The number of rotatable bonds is 16. The first-order chi connectivity index (χ1) is 28.5. The maximum atomic E-state index is 13.1. The lowest BCUT2D eigenvalue weighted by atomic mass is 10.0. The van der Waals surface area contributed by atoms with Gasteiger partial charge in [-0.25, -0.2) is 9.97 Å². The molecule has 7 N–H and O–H groups in total. The molecule has 0 bridgehead atoms. The largest absolute Gasteiger partial charge is 0.494 e. The number of hydrogen-bond donors (Lipinski definition) is 6. The molecule has 0 spiro atoms. The normalized spacial score (nSPS) is 14.7. The molecule has 59 heavy (non-hydrogen) atoms. The van der Waals surface area contributed by atoms with E-state index in [2.05, 4.69) is 51.8 Å². The number of methoxy groups -OCH3 is 1. The summed E-state index contributed by atoms with van der Waals surface area (Å²) in [5, 5.41) is 26.9. The van der Waals surface area contributed by atoms with Gasteiger partial charge in [0.25, 0.3) is 23.6 Å². The first-order valence-electron chi connectivity index (χ1n) is 18.6. The Morgan fingerprint density at radius 2 is 1.69 bits per heavy atom. The van der Waals surface area contributed by atoms with Crippen molar-refractivity contribution in [2.45, 2.75) is 38.1 Å². The van der Waals surface area contributed by atoms with E-state index in [1.807, 2.05) is 0 Å². The lowest BCUT2D eigenvalue weighted by Crippen LogP contribution is -2.54. The number of hydrogen-bond acceptors (Lipinski definition) is 15. The summed E-state index contributed by atoms with van der Waals surface area (Å²) in [6.45, 7) is 1.02. The van der Waals surface area contributed by atoms with Gasteiger partial charge in [0.2, 0.25) is 11.8 Å². The Labute approximate surface area is 336 Å². The summed E-state index contributed by atoms with van der Waals surface area (Å²) in [5.41, 5.74) is 8.31. The Morgan fingerprint density at radius 3 is 2.42 bits per heavy atom. The van der Waals surface area contributed by atoms with Crippen LogP contribution >= 0.6 is 0 Å². The summed E-state index contributed by atoms with van der Waals surface area (Å²) < 4.78 is 7.24. The molecule has 20 nitrogen and oxygen atoms in total. The van der Waals surface area contributed by atoms with E-state index in [0.717, 1.165) is 17.7 Å². The fourth-order valence-corrected chi connectivity index (χ4v) is 6.65. The third kappa shape index (κ3) is 8.65. The highest BCUT2D eigenvalue weighted by Gasteiger charge is 2.44. The number of aromatic nitrogens is 6. The predicted molar refractivity (Wildman–Crippen MR) is 212 cm³/mol. The van der Waals surface area contributed by atoms with Crippen molar-refractivity contribution in [2.75, 3.05) is 36.1 Å². The molecule has 1 unspecified atom stereocenters. The van der Waals surface area contributed by atoms with E-state index in [0.29, 0.717) is 59.4 Å². The third-order valence-electron chi connectivity index (χ3n) is 9.55. The molecule has 20 heteroatoms. The Hall–Kier alpha value is -7.77. The minimum absolute atomic E-state index is 0.0547. The van der Waals surface area contributed by atoms with Gasteiger partial charge in [0, 0.05) is 44.5 Å². The number of pyridine rings is 1. The molecule has 2 aliphatic rings. The molecule has 3 aromatic heterocycles. The molecule has 5 aromatic rings. The van der Waals surface area contributed by atoms with E-state index in [4.69, 9.17) is 10.5 Å². The smallest absolute Gasteiger partial charge is 0.271 e. The molecule has 0 radical (unpaired) electrons. The zero-order valence-corrected chi connectivity index (χ0v) is 31.9. The highest BCUT2D eigenvalue weighted by atomic mass is 16.5. The van der Waals surface area contributed by atoms with Gasteiger partial charge >= 0.3 is 0 Å². The van der Waals surface area contributed by atoms with Crippen LogP contribution in [-0.2, 0) is 16.6 Å². The number of ether oxygens (including phenoxy) is 1. The number of benzene rings is 2. The second kappa shape index (κ2) is 17.2. The zero-order valence-electron chi connectivity index (χ0n) is 31.9. The number of piperidine rings is 1. The molecule has 2 aromatic carbocycles. The van der Waals surface area contributed by atoms with Crippen molar-refractivity contribution in [1.82, 2.24) is 45.5 Å². The van der Waals surface area contributed by atoms with Crippen LogP contribution in [0, 0.1) is 0 Å². The first kappa shape index (κ1) is 39.5. The van der Waals surface area contributed by atoms with Crippen LogP contribution in [0.4, 0.5) is 28.7 Å². The van der Waals surface area contributed by atoms with Crippen LogP contribution in [-0.4, -0.2) is 96.5 Å². The molecule has 1 fully saturated rings. The molecule has 5 heterocycles. The number of para-hydroxylation sites is 1. The van der Waals surface area contributed by atoms with Gasteiger partial charge in [-0.05, 0) is 68.1 Å². The summed E-state index contributed by atoms with van der Waals surface area (Å²) in [5.74, 6) is -1.79. The fraction of sp³-hybridized carbons (Fsp3) is 0.256. The van der Waals surface area contributed by atoms with E-state index in [-0.39, 0.29) is 47.1 Å². The van der Waals surface area contributed by atoms with Crippen molar-refractivity contribution < 1.29 is 33.5 Å². The number of unbranched alkanes of at least 4 members (excludes halogenated alkanes) is 2. The number of anilines is 5. The minimum atomic E-state index is -1.02. The molecule has 1 atom stereocenters. The summed E-state index contributed by atoms with van der Waals surface area (Å²) in [6, 6.07) is 14.0. The summed E-state index contributed by atoms with van der Waals surface area (Å²) in [7, 11) is 3.26. The Bertz CT molecular complexity index is 2470. The fourth-order valence-electron chi connectivity index (χ4n) is 6.65.